The average molecular weight is 361 g/mol. The maximum Gasteiger partial charge on any atom is 0.410 e. The first-order chi connectivity index (χ1) is 12.7. The van der Waals surface area contributed by atoms with E-state index in [9.17, 15) is 9.59 Å². The van der Waals surface area contributed by atoms with Gasteiger partial charge in [0.15, 0.2) is 5.69 Å². The third-order valence-electron chi connectivity index (χ3n) is 5.18. The largest absolute Gasteiger partial charge is 0.442 e. The summed E-state index contributed by atoms with van der Waals surface area (Å²) >= 11 is 0. The summed E-state index contributed by atoms with van der Waals surface area (Å²) in [7, 11) is 0. The van der Waals surface area contributed by atoms with E-state index < -0.39 is 0 Å². The number of aromatic nitrogens is 2. The lowest BCUT2D eigenvalue weighted by Crippen LogP contribution is -2.42. The number of carbonyl (C=O) groups excluding carboxylic acids is 2. The molecule has 3 fully saturated rings. The van der Waals surface area contributed by atoms with Gasteiger partial charge in [0.2, 0.25) is 0 Å². The Morgan fingerprint density at radius 1 is 1.23 bits per heavy atom. The van der Waals surface area contributed by atoms with Crippen molar-refractivity contribution in [1.82, 2.24) is 24.9 Å². The van der Waals surface area contributed by atoms with Crippen LogP contribution in [0.3, 0.4) is 0 Å². The first kappa shape index (κ1) is 17.2. The summed E-state index contributed by atoms with van der Waals surface area (Å²) in [5.74, 6) is -0.170. The standard InChI is InChI=1S/C17H23N5O4/c23-16(13-3-1-4-18-19-13)21-11-14-15(12-21)26-17(24)22(14)6-2-5-20-7-9-25-10-8-20/h1,3-4,14-15H,2,5-12H2/t14-,15+/m0/s1. The fourth-order valence-corrected chi connectivity index (χ4v) is 3.79. The van der Waals surface area contributed by atoms with Gasteiger partial charge in [-0.1, -0.05) is 0 Å². The number of amides is 2. The van der Waals surface area contributed by atoms with Crippen molar-refractivity contribution in [3.63, 3.8) is 0 Å². The number of rotatable bonds is 5. The summed E-state index contributed by atoms with van der Waals surface area (Å²) < 4.78 is 10.8. The second kappa shape index (κ2) is 7.55. The van der Waals surface area contributed by atoms with Crippen molar-refractivity contribution >= 4 is 12.0 Å². The lowest BCUT2D eigenvalue weighted by atomic mass is 10.2. The fourth-order valence-electron chi connectivity index (χ4n) is 3.79. The van der Waals surface area contributed by atoms with Crippen LogP contribution in [-0.4, -0.2) is 102 Å². The Morgan fingerprint density at radius 3 is 2.85 bits per heavy atom. The molecule has 26 heavy (non-hydrogen) atoms. The molecule has 4 rings (SSSR count). The van der Waals surface area contributed by atoms with Gasteiger partial charge in [0, 0.05) is 38.9 Å². The van der Waals surface area contributed by atoms with Gasteiger partial charge in [0.25, 0.3) is 5.91 Å². The molecule has 1 aromatic heterocycles. The van der Waals surface area contributed by atoms with E-state index in [0.717, 1.165) is 39.3 Å². The Kier molecular flexibility index (Phi) is 4.98. The van der Waals surface area contributed by atoms with Crippen molar-refractivity contribution in [3.05, 3.63) is 24.0 Å². The van der Waals surface area contributed by atoms with Crippen LogP contribution in [-0.2, 0) is 9.47 Å². The van der Waals surface area contributed by atoms with E-state index in [1.807, 2.05) is 0 Å². The van der Waals surface area contributed by atoms with Crippen molar-refractivity contribution in [3.8, 4) is 0 Å². The molecule has 0 radical (unpaired) electrons. The highest BCUT2D eigenvalue weighted by atomic mass is 16.6. The van der Waals surface area contributed by atoms with E-state index >= 15 is 0 Å². The van der Waals surface area contributed by atoms with Crippen molar-refractivity contribution in [2.45, 2.75) is 18.6 Å². The Morgan fingerprint density at radius 2 is 2.08 bits per heavy atom. The monoisotopic (exact) mass is 361 g/mol. The Balaban J connectivity index is 1.32. The van der Waals surface area contributed by atoms with E-state index in [4.69, 9.17) is 9.47 Å². The Labute approximate surface area is 151 Å². The summed E-state index contributed by atoms with van der Waals surface area (Å²) in [5, 5.41) is 7.63. The van der Waals surface area contributed by atoms with Gasteiger partial charge in [-0.25, -0.2) is 4.79 Å². The number of ether oxygens (including phenoxy) is 2. The van der Waals surface area contributed by atoms with E-state index in [0.29, 0.717) is 25.3 Å². The van der Waals surface area contributed by atoms with Crippen LogP contribution < -0.4 is 0 Å². The van der Waals surface area contributed by atoms with Crippen LogP contribution >= 0.6 is 0 Å². The molecule has 2 amide bonds. The highest BCUT2D eigenvalue weighted by Crippen LogP contribution is 2.27. The molecule has 0 unspecified atom stereocenters. The molecular formula is C17H23N5O4. The third-order valence-corrected chi connectivity index (χ3v) is 5.18. The zero-order valence-electron chi connectivity index (χ0n) is 14.6. The molecule has 2 atom stereocenters. The number of carbonyl (C=O) groups is 2. The van der Waals surface area contributed by atoms with Crippen LogP contribution in [0.2, 0.25) is 0 Å². The summed E-state index contributed by atoms with van der Waals surface area (Å²) in [6, 6.07) is 3.26. The summed E-state index contributed by atoms with van der Waals surface area (Å²) in [4.78, 5) is 30.5. The molecule has 0 aliphatic carbocycles. The van der Waals surface area contributed by atoms with Gasteiger partial charge in [0.1, 0.15) is 6.10 Å². The molecule has 140 valence electrons. The molecule has 4 heterocycles. The van der Waals surface area contributed by atoms with Crippen LogP contribution in [0.5, 0.6) is 0 Å². The van der Waals surface area contributed by atoms with Gasteiger partial charge >= 0.3 is 6.09 Å². The quantitative estimate of drug-likeness (QED) is 0.720. The number of hydrogen-bond donors (Lipinski definition) is 0. The summed E-state index contributed by atoms with van der Waals surface area (Å²) in [6.45, 7) is 5.89. The van der Waals surface area contributed by atoms with Gasteiger partial charge in [0.05, 0.1) is 25.8 Å². The SMILES string of the molecule is O=C(c1cccnn1)N1C[C@H]2OC(=O)N(CCCN3CCOCC3)[C@H]2C1. The van der Waals surface area contributed by atoms with Gasteiger partial charge in [-0.3, -0.25) is 14.6 Å². The lowest BCUT2D eigenvalue weighted by Gasteiger charge is -2.28. The molecule has 1 aromatic rings. The zero-order valence-corrected chi connectivity index (χ0v) is 14.6. The van der Waals surface area contributed by atoms with Crippen LogP contribution in [0.15, 0.2) is 18.3 Å². The molecule has 3 aliphatic rings. The highest BCUT2D eigenvalue weighted by molar-refractivity contribution is 5.92. The Bertz CT molecular complexity index is 652. The maximum atomic E-state index is 12.5. The molecule has 9 nitrogen and oxygen atoms in total. The number of hydrogen-bond acceptors (Lipinski definition) is 7. The topological polar surface area (TPSA) is 88.1 Å². The average Bonchev–Trinajstić information content (AvgIpc) is 3.21. The number of fused-ring (bicyclic) bond motifs is 1. The van der Waals surface area contributed by atoms with Gasteiger partial charge < -0.3 is 14.4 Å². The molecule has 0 saturated carbocycles. The molecule has 3 aliphatic heterocycles. The molecular weight excluding hydrogens is 338 g/mol. The van der Waals surface area contributed by atoms with Crippen molar-refractivity contribution in [2.24, 2.45) is 0 Å². The summed E-state index contributed by atoms with van der Waals surface area (Å²) in [5.41, 5.74) is 0.317. The van der Waals surface area contributed by atoms with E-state index in [2.05, 4.69) is 15.1 Å². The zero-order chi connectivity index (χ0) is 17.9. The van der Waals surface area contributed by atoms with Gasteiger partial charge in [-0.2, -0.15) is 5.10 Å². The second-order valence-electron chi connectivity index (χ2n) is 6.81. The van der Waals surface area contributed by atoms with Crippen LogP contribution in [0.25, 0.3) is 0 Å². The van der Waals surface area contributed by atoms with Crippen molar-refractivity contribution in [1.29, 1.82) is 0 Å². The predicted molar refractivity (Wildman–Crippen MR) is 90.6 cm³/mol. The molecule has 0 bridgehead atoms. The molecule has 0 spiro atoms. The molecule has 0 N–H and O–H groups in total. The normalized spacial score (nSPS) is 26.1. The van der Waals surface area contributed by atoms with E-state index in [1.165, 1.54) is 6.20 Å². The van der Waals surface area contributed by atoms with Gasteiger partial charge in [-0.05, 0) is 18.6 Å². The van der Waals surface area contributed by atoms with Gasteiger partial charge in [-0.15, -0.1) is 5.10 Å². The minimum atomic E-state index is -0.270. The van der Waals surface area contributed by atoms with E-state index in [1.54, 1.807) is 21.9 Å². The molecule has 0 aromatic carbocycles. The molecule has 3 saturated heterocycles. The van der Waals surface area contributed by atoms with Crippen LogP contribution in [0, 0.1) is 0 Å². The molecule has 9 heteroatoms. The smallest absolute Gasteiger partial charge is 0.410 e. The fraction of sp³-hybridized carbons (Fsp3) is 0.647. The maximum absolute atomic E-state index is 12.5. The van der Waals surface area contributed by atoms with Crippen molar-refractivity contribution in [2.75, 3.05) is 52.5 Å². The Hall–Kier alpha value is -2.26. The predicted octanol–water partition coefficient (Wildman–Crippen LogP) is -0.156. The first-order valence-electron chi connectivity index (χ1n) is 9.07. The van der Waals surface area contributed by atoms with Crippen molar-refractivity contribution < 1.29 is 19.1 Å². The van der Waals surface area contributed by atoms with Crippen LogP contribution in [0.4, 0.5) is 4.79 Å². The van der Waals surface area contributed by atoms with E-state index in [-0.39, 0.29) is 24.1 Å². The minimum Gasteiger partial charge on any atom is -0.442 e. The lowest BCUT2D eigenvalue weighted by molar-refractivity contribution is 0.0362. The minimum absolute atomic E-state index is 0.0761. The first-order valence-corrected chi connectivity index (χ1v) is 9.07. The second-order valence-corrected chi connectivity index (χ2v) is 6.81. The third kappa shape index (κ3) is 3.49. The number of morpholine rings is 1. The number of likely N-dealkylation sites (tertiary alicyclic amines) is 1. The number of nitrogens with zero attached hydrogens (tertiary/aromatic N) is 5. The van der Waals surface area contributed by atoms with Crippen LogP contribution in [0.1, 0.15) is 16.9 Å². The summed E-state index contributed by atoms with van der Waals surface area (Å²) in [6.07, 6.45) is 1.89. The highest BCUT2D eigenvalue weighted by Gasteiger charge is 2.48.